The van der Waals surface area contributed by atoms with E-state index in [4.69, 9.17) is 9.47 Å². The summed E-state index contributed by atoms with van der Waals surface area (Å²) >= 11 is 0. The van der Waals surface area contributed by atoms with Crippen molar-refractivity contribution in [3.05, 3.63) is 23.8 Å². The fourth-order valence-electron chi connectivity index (χ4n) is 1.79. The summed E-state index contributed by atoms with van der Waals surface area (Å²) in [4.78, 5) is 12.1. The molecule has 1 rings (SSSR count). The zero-order chi connectivity index (χ0) is 15.5. The highest BCUT2D eigenvalue weighted by atomic mass is 35.5. The number of hydrogen-bond acceptors (Lipinski definition) is 4. The van der Waals surface area contributed by atoms with Gasteiger partial charge in [0.2, 0.25) is 0 Å². The number of rotatable bonds is 10. The van der Waals surface area contributed by atoms with Crippen LogP contribution in [0.15, 0.2) is 18.2 Å². The number of halogens is 1. The summed E-state index contributed by atoms with van der Waals surface area (Å²) < 4.78 is 11.2. The maximum atomic E-state index is 12.1. The van der Waals surface area contributed by atoms with Crippen LogP contribution in [-0.2, 0) is 0 Å². The highest BCUT2D eigenvalue weighted by Gasteiger charge is 2.11. The predicted octanol–water partition coefficient (Wildman–Crippen LogP) is 2.64. The molecule has 0 bridgehead atoms. The maximum Gasteiger partial charge on any atom is 0.251 e. The number of benzene rings is 1. The number of amides is 1. The minimum Gasteiger partial charge on any atom is -0.490 e. The summed E-state index contributed by atoms with van der Waals surface area (Å²) in [5.41, 5.74) is 0.582. The fourth-order valence-corrected chi connectivity index (χ4v) is 1.79. The lowest BCUT2D eigenvalue weighted by atomic mass is 10.2. The number of hydrogen-bond donors (Lipinski definition) is 2. The molecule has 0 saturated carbocycles. The van der Waals surface area contributed by atoms with Crippen molar-refractivity contribution in [3.8, 4) is 11.5 Å². The second kappa shape index (κ2) is 12.1. The van der Waals surface area contributed by atoms with E-state index in [1.807, 2.05) is 20.8 Å². The van der Waals surface area contributed by atoms with E-state index in [1.165, 1.54) is 0 Å². The van der Waals surface area contributed by atoms with Crippen LogP contribution in [0.25, 0.3) is 0 Å². The molecule has 0 aliphatic heterocycles. The van der Waals surface area contributed by atoms with E-state index in [0.29, 0.717) is 36.8 Å². The first-order valence-electron chi connectivity index (χ1n) is 7.61. The van der Waals surface area contributed by atoms with Crippen molar-refractivity contribution in [3.63, 3.8) is 0 Å². The van der Waals surface area contributed by atoms with E-state index >= 15 is 0 Å². The van der Waals surface area contributed by atoms with Gasteiger partial charge in [0.1, 0.15) is 0 Å². The molecule has 6 heteroatoms. The number of carbonyl (C=O) groups is 1. The van der Waals surface area contributed by atoms with Crippen molar-refractivity contribution in [1.82, 2.24) is 10.6 Å². The van der Waals surface area contributed by atoms with Crippen molar-refractivity contribution in [2.24, 2.45) is 0 Å². The monoisotopic (exact) mass is 330 g/mol. The van der Waals surface area contributed by atoms with E-state index in [0.717, 1.165) is 19.5 Å². The molecule has 0 aromatic heterocycles. The van der Waals surface area contributed by atoms with Crippen LogP contribution in [0, 0.1) is 0 Å². The first-order chi connectivity index (χ1) is 10.2. The molecule has 1 aromatic rings. The molecule has 0 unspecified atom stereocenters. The van der Waals surface area contributed by atoms with E-state index in [-0.39, 0.29) is 18.3 Å². The van der Waals surface area contributed by atoms with Crippen LogP contribution < -0.4 is 20.1 Å². The van der Waals surface area contributed by atoms with Gasteiger partial charge in [0.05, 0.1) is 13.2 Å². The highest BCUT2D eigenvalue weighted by molar-refractivity contribution is 5.94. The molecule has 22 heavy (non-hydrogen) atoms. The average molecular weight is 331 g/mol. The fraction of sp³-hybridized carbons (Fsp3) is 0.562. The average Bonchev–Trinajstić information content (AvgIpc) is 2.50. The van der Waals surface area contributed by atoms with Gasteiger partial charge >= 0.3 is 0 Å². The molecular formula is C16H27ClN2O3. The number of likely N-dealkylation sites (N-methyl/N-ethyl adjacent to an activating group) is 1. The summed E-state index contributed by atoms with van der Waals surface area (Å²) in [5, 5.41) is 6.03. The molecule has 5 nitrogen and oxygen atoms in total. The van der Waals surface area contributed by atoms with E-state index in [1.54, 1.807) is 18.2 Å². The topological polar surface area (TPSA) is 59.6 Å². The van der Waals surface area contributed by atoms with Crippen LogP contribution in [0.3, 0.4) is 0 Å². The highest BCUT2D eigenvalue weighted by Crippen LogP contribution is 2.28. The molecule has 126 valence electrons. The molecule has 0 saturated heterocycles. The Morgan fingerprint density at radius 3 is 2.50 bits per heavy atom. The summed E-state index contributed by atoms with van der Waals surface area (Å²) in [7, 11) is 0. The van der Waals surface area contributed by atoms with Crippen LogP contribution >= 0.6 is 12.4 Å². The van der Waals surface area contributed by atoms with Crippen LogP contribution in [0.1, 0.15) is 37.6 Å². The Hall–Kier alpha value is -1.46. The summed E-state index contributed by atoms with van der Waals surface area (Å²) in [6.07, 6.45) is 0.929. The Bertz CT molecular complexity index is 441. The van der Waals surface area contributed by atoms with Crippen molar-refractivity contribution >= 4 is 18.3 Å². The lowest BCUT2D eigenvalue weighted by Gasteiger charge is -2.13. The summed E-state index contributed by atoms with van der Waals surface area (Å²) in [5.74, 6) is 1.20. The number of nitrogens with one attached hydrogen (secondary N) is 2. The summed E-state index contributed by atoms with van der Waals surface area (Å²) in [6.45, 7) is 9.42. The third kappa shape index (κ3) is 7.00. The first kappa shape index (κ1) is 20.5. The Labute approximate surface area is 139 Å². The smallest absolute Gasteiger partial charge is 0.251 e. The molecule has 0 atom stereocenters. The minimum absolute atomic E-state index is 0. The molecular weight excluding hydrogens is 304 g/mol. The predicted molar refractivity (Wildman–Crippen MR) is 91.5 cm³/mol. The number of carbonyl (C=O) groups excluding carboxylic acids is 1. The van der Waals surface area contributed by atoms with Gasteiger partial charge in [0.15, 0.2) is 11.5 Å². The molecule has 0 spiro atoms. The maximum absolute atomic E-state index is 12.1. The first-order valence-corrected chi connectivity index (χ1v) is 7.61. The van der Waals surface area contributed by atoms with Crippen LogP contribution in [0.5, 0.6) is 11.5 Å². The molecule has 0 fully saturated rings. The van der Waals surface area contributed by atoms with Crippen LogP contribution in [0.4, 0.5) is 0 Å². The van der Waals surface area contributed by atoms with E-state index in [2.05, 4.69) is 10.6 Å². The normalized spacial score (nSPS) is 9.77. The molecule has 1 aromatic carbocycles. The van der Waals surface area contributed by atoms with Crippen molar-refractivity contribution in [2.45, 2.75) is 27.2 Å². The molecule has 0 aliphatic rings. The van der Waals surface area contributed by atoms with Crippen molar-refractivity contribution in [2.75, 3.05) is 32.8 Å². The Morgan fingerprint density at radius 2 is 1.86 bits per heavy atom. The van der Waals surface area contributed by atoms with Crippen molar-refractivity contribution in [1.29, 1.82) is 0 Å². The molecule has 0 radical (unpaired) electrons. The second-order valence-electron chi connectivity index (χ2n) is 4.55. The minimum atomic E-state index is -0.101. The number of ether oxygens (including phenoxy) is 2. The van der Waals surface area contributed by atoms with E-state index < -0.39 is 0 Å². The second-order valence-corrected chi connectivity index (χ2v) is 4.55. The van der Waals surface area contributed by atoms with E-state index in [9.17, 15) is 4.79 Å². The standard InChI is InChI=1S/C16H26N2O3.ClH/c1-4-11-21-14-8-7-13(12-15(14)20-6-3)16(19)18-10-9-17-5-2;/h7-8,12,17H,4-6,9-11H2,1-3H3,(H,18,19);1H. The van der Waals surface area contributed by atoms with Gasteiger partial charge < -0.3 is 20.1 Å². The van der Waals surface area contributed by atoms with Gasteiger partial charge in [-0.25, -0.2) is 0 Å². The Morgan fingerprint density at radius 1 is 1.09 bits per heavy atom. The van der Waals surface area contributed by atoms with Gasteiger partial charge in [-0.15, -0.1) is 12.4 Å². The van der Waals surface area contributed by atoms with Crippen molar-refractivity contribution < 1.29 is 14.3 Å². The zero-order valence-corrected chi connectivity index (χ0v) is 14.4. The van der Waals surface area contributed by atoms with Gasteiger partial charge in [0, 0.05) is 18.7 Å². The molecule has 0 aliphatic carbocycles. The molecule has 0 heterocycles. The largest absolute Gasteiger partial charge is 0.490 e. The Balaban J connectivity index is 0.00000441. The lowest BCUT2D eigenvalue weighted by molar-refractivity contribution is 0.0953. The summed E-state index contributed by atoms with van der Waals surface area (Å²) in [6, 6.07) is 5.28. The van der Waals surface area contributed by atoms with Gasteiger partial charge in [-0.05, 0) is 38.1 Å². The third-order valence-corrected chi connectivity index (χ3v) is 2.80. The van der Waals surface area contributed by atoms with Gasteiger partial charge in [-0.2, -0.15) is 0 Å². The van der Waals surface area contributed by atoms with Gasteiger partial charge in [-0.1, -0.05) is 13.8 Å². The Kier molecular flexibility index (Phi) is 11.3. The lowest BCUT2D eigenvalue weighted by Crippen LogP contribution is -2.31. The molecule has 2 N–H and O–H groups in total. The molecule has 1 amide bonds. The van der Waals surface area contributed by atoms with Crippen LogP contribution in [-0.4, -0.2) is 38.8 Å². The third-order valence-electron chi connectivity index (χ3n) is 2.80. The zero-order valence-electron chi connectivity index (χ0n) is 13.6. The SMILES string of the molecule is CCCOc1ccc(C(=O)NCCNCC)cc1OCC.Cl. The van der Waals surface area contributed by atoms with Crippen LogP contribution in [0.2, 0.25) is 0 Å². The quantitative estimate of drug-likeness (QED) is 0.647. The van der Waals surface area contributed by atoms with Gasteiger partial charge in [0.25, 0.3) is 5.91 Å². The van der Waals surface area contributed by atoms with Gasteiger partial charge in [-0.3, -0.25) is 4.79 Å².